The molecule has 0 bridgehead atoms. The minimum atomic E-state index is -0.579. The van der Waals surface area contributed by atoms with Crippen molar-refractivity contribution in [2.75, 3.05) is 25.6 Å². The fraction of sp³-hybridized carbons (Fsp3) is 0.167. The first kappa shape index (κ1) is 18.8. The average Bonchev–Trinajstić information content (AvgIpc) is 2.66. The number of ether oxygens (including phenoxy) is 2. The van der Waals surface area contributed by atoms with Crippen LogP contribution in [0.25, 0.3) is 0 Å². The zero-order valence-corrected chi connectivity index (χ0v) is 14.3. The van der Waals surface area contributed by atoms with Crippen molar-refractivity contribution >= 4 is 23.7 Å². The summed E-state index contributed by atoms with van der Waals surface area (Å²) in [7, 11) is 1.48. The van der Waals surface area contributed by atoms with Gasteiger partial charge in [0.2, 0.25) is 0 Å². The molecule has 4 N–H and O–H groups in total. The van der Waals surface area contributed by atoms with Gasteiger partial charge in [0.15, 0.2) is 18.1 Å². The molecule has 0 heterocycles. The zero-order chi connectivity index (χ0) is 18.8. The Labute approximate surface area is 151 Å². The molecule has 2 aromatic carbocycles. The van der Waals surface area contributed by atoms with E-state index in [0.29, 0.717) is 17.1 Å². The van der Waals surface area contributed by atoms with Gasteiger partial charge in [0.1, 0.15) is 0 Å². The SMILES string of the molecule is COc1cc(/C=N\NC(=O)CNc2ccccc2)ccc1OCC(N)=O. The van der Waals surface area contributed by atoms with Crippen LogP contribution in [0.4, 0.5) is 5.69 Å². The topological polar surface area (TPSA) is 115 Å². The molecular formula is C18H20N4O4. The second-order valence-electron chi connectivity index (χ2n) is 5.18. The van der Waals surface area contributed by atoms with Gasteiger partial charge in [0, 0.05) is 5.69 Å². The molecule has 0 saturated carbocycles. The number of nitrogens with one attached hydrogen (secondary N) is 2. The van der Waals surface area contributed by atoms with Crippen LogP contribution in [0.3, 0.4) is 0 Å². The highest BCUT2D eigenvalue weighted by Gasteiger charge is 2.06. The van der Waals surface area contributed by atoms with Crippen LogP contribution >= 0.6 is 0 Å². The van der Waals surface area contributed by atoms with E-state index in [1.165, 1.54) is 13.3 Å². The van der Waals surface area contributed by atoms with Crippen LogP contribution in [0.5, 0.6) is 11.5 Å². The van der Waals surface area contributed by atoms with Crippen LogP contribution in [0, 0.1) is 0 Å². The van der Waals surface area contributed by atoms with Gasteiger partial charge in [-0.15, -0.1) is 0 Å². The number of nitrogens with zero attached hydrogens (tertiary/aromatic N) is 1. The fourth-order valence-corrected chi connectivity index (χ4v) is 1.99. The van der Waals surface area contributed by atoms with Crippen molar-refractivity contribution in [3.05, 3.63) is 54.1 Å². The van der Waals surface area contributed by atoms with E-state index in [1.54, 1.807) is 18.2 Å². The Morgan fingerprint density at radius 1 is 1.15 bits per heavy atom. The maximum absolute atomic E-state index is 11.8. The van der Waals surface area contributed by atoms with Gasteiger partial charge in [-0.3, -0.25) is 9.59 Å². The van der Waals surface area contributed by atoms with Crippen LogP contribution in [-0.2, 0) is 9.59 Å². The second kappa shape index (κ2) is 9.67. The van der Waals surface area contributed by atoms with Crippen LogP contribution in [0.1, 0.15) is 5.56 Å². The summed E-state index contributed by atoms with van der Waals surface area (Å²) in [5.74, 6) is -0.0465. The lowest BCUT2D eigenvalue weighted by molar-refractivity contribution is -0.120. The van der Waals surface area contributed by atoms with Gasteiger partial charge in [-0.1, -0.05) is 18.2 Å². The number of primary amides is 1. The molecule has 136 valence electrons. The van der Waals surface area contributed by atoms with Crippen LogP contribution in [-0.4, -0.2) is 38.3 Å². The third-order valence-electron chi connectivity index (χ3n) is 3.19. The highest BCUT2D eigenvalue weighted by Crippen LogP contribution is 2.27. The maximum Gasteiger partial charge on any atom is 0.259 e. The number of hydrogen-bond acceptors (Lipinski definition) is 6. The predicted octanol–water partition coefficient (Wildman–Crippen LogP) is 1.12. The first-order valence-electron chi connectivity index (χ1n) is 7.78. The van der Waals surface area contributed by atoms with E-state index < -0.39 is 5.91 Å². The van der Waals surface area contributed by atoms with E-state index in [2.05, 4.69) is 15.8 Å². The van der Waals surface area contributed by atoms with Crippen LogP contribution in [0.15, 0.2) is 53.6 Å². The minimum Gasteiger partial charge on any atom is -0.493 e. The molecule has 2 aromatic rings. The molecule has 0 atom stereocenters. The molecule has 0 fully saturated rings. The standard InChI is InChI=1S/C18H20N4O4/c1-25-16-9-13(7-8-15(16)26-12-17(19)23)10-21-22-18(24)11-20-14-5-3-2-4-6-14/h2-10,20H,11-12H2,1H3,(H2,19,23)(H,22,24)/b21-10-. The number of carbonyl (C=O) groups excluding carboxylic acids is 2. The molecule has 8 heteroatoms. The van der Waals surface area contributed by atoms with Crippen molar-refractivity contribution in [1.82, 2.24) is 5.43 Å². The Hall–Kier alpha value is -3.55. The van der Waals surface area contributed by atoms with E-state index in [-0.39, 0.29) is 19.1 Å². The van der Waals surface area contributed by atoms with E-state index in [9.17, 15) is 9.59 Å². The lowest BCUT2D eigenvalue weighted by Crippen LogP contribution is -2.25. The largest absolute Gasteiger partial charge is 0.493 e. The number of methoxy groups -OCH3 is 1. The van der Waals surface area contributed by atoms with E-state index >= 15 is 0 Å². The number of carbonyl (C=O) groups is 2. The second-order valence-corrected chi connectivity index (χ2v) is 5.18. The number of hydrogen-bond donors (Lipinski definition) is 3. The number of rotatable bonds is 9. The van der Waals surface area contributed by atoms with E-state index in [0.717, 1.165) is 5.69 Å². The lowest BCUT2D eigenvalue weighted by Gasteiger charge is -2.09. The van der Waals surface area contributed by atoms with Crippen molar-refractivity contribution in [2.24, 2.45) is 10.8 Å². The summed E-state index contributed by atoms with van der Waals surface area (Å²) >= 11 is 0. The van der Waals surface area contributed by atoms with Gasteiger partial charge in [-0.2, -0.15) is 5.10 Å². The number of benzene rings is 2. The number of nitrogens with two attached hydrogens (primary N) is 1. The predicted molar refractivity (Wildman–Crippen MR) is 98.4 cm³/mol. The molecule has 26 heavy (non-hydrogen) atoms. The molecule has 0 aliphatic carbocycles. The van der Waals surface area contributed by atoms with Gasteiger partial charge in [0.25, 0.3) is 11.8 Å². The van der Waals surface area contributed by atoms with Crippen molar-refractivity contribution in [3.8, 4) is 11.5 Å². The molecule has 0 radical (unpaired) electrons. The Morgan fingerprint density at radius 3 is 2.62 bits per heavy atom. The van der Waals surface area contributed by atoms with Crippen LogP contribution in [0.2, 0.25) is 0 Å². The molecule has 0 spiro atoms. The van der Waals surface area contributed by atoms with Crippen molar-refractivity contribution in [2.45, 2.75) is 0 Å². The molecule has 0 saturated heterocycles. The summed E-state index contributed by atoms with van der Waals surface area (Å²) in [6.45, 7) is -0.140. The number of hydrazone groups is 1. The first-order valence-corrected chi connectivity index (χ1v) is 7.78. The van der Waals surface area contributed by atoms with Gasteiger partial charge in [0.05, 0.1) is 19.9 Å². The monoisotopic (exact) mass is 356 g/mol. The minimum absolute atomic E-state index is 0.102. The van der Waals surface area contributed by atoms with E-state index in [1.807, 2.05) is 30.3 Å². The van der Waals surface area contributed by atoms with Gasteiger partial charge in [-0.25, -0.2) is 5.43 Å². The third kappa shape index (κ3) is 6.16. The van der Waals surface area contributed by atoms with E-state index in [4.69, 9.17) is 15.2 Å². The molecule has 2 amide bonds. The Kier molecular flexibility index (Phi) is 6.99. The summed E-state index contributed by atoms with van der Waals surface area (Å²) in [6, 6.07) is 14.4. The summed E-state index contributed by atoms with van der Waals surface area (Å²) in [4.78, 5) is 22.5. The maximum atomic E-state index is 11.8. The molecular weight excluding hydrogens is 336 g/mol. The quantitative estimate of drug-likeness (QED) is 0.460. The summed E-state index contributed by atoms with van der Waals surface area (Å²) < 4.78 is 10.4. The van der Waals surface area contributed by atoms with Crippen molar-refractivity contribution in [1.29, 1.82) is 0 Å². The molecule has 0 aromatic heterocycles. The molecule has 0 unspecified atom stereocenters. The average molecular weight is 356 g/mol. The highest BCUT2D eigenvalue weighted by molar-refractivity contribution is 5.85. The fourth-order valence-electron chi connectivity index (χ4n) is 1.99. The van der Waals surface area contributed by atoms with Crippen molar-refractivity contribution < 1.29 is 19.1 Å². The highest BCUT2D eigenvalue weighted by atomic mass is 16.5. The Morgan fingerprint density at radius 2 is 1.92 bits per heavy atom. The molecule has 0 aliphatic heterocycles. The van der Waals surface area contributed by atoms with Gasteiger partial charge < -0.3 is 20.5 Å². The first-order chi connectivity index (χ1) is 12.6. The summed E-state index contributed by atoms with van der Waals surface area (Å²) in [6.07, 6.45) is 1.47. The van der Waals surface area contributed by atoms with Crippen molar-refractivity contribution in [3.63, 3.8) is 0 Å². The Balaban J connectivity index is 1.86. The smallest absolute Gasteiger partial charge is 0.259 e. The van der Waals surface area contributed by atoms with Crippen LogP contribution < -0.4 is 25.9 Å². The molecule has 8 nitrogen and oxygen atoms in total. The zero-order valence-electron chi connectivity index (χ0n) is 14.3. The van der Waals surface area contributed by atoms with Gasteiger partial charge >= 0.3 is 0 Å². The molecule has 2 rings (SSSR count). The lowest BCUT2D eigenvalue weighted by atomic mass is 10.2. The number of anilines is 1. The Bertz CT molecular complexity index is 778. The summed E-state index contributed by atoms with van der Waals surface area (Å²) in [5.41, 5.74) is 9.01. The number of amides is 2. The normalized spacial score (nSPS) is 10.3. The van der Waals surface area contributed by atoms with Gasteiger partial charge in [-0.05, 0) is 35.9 Å². The number of para-hydroxylation sites is 1. The summed E-state index contributed by atoms with van der Waals surface area (Å²) in [5, 5.41) is 6.88. The third-order valence-corrected chi connectivity index (χ3v) is 3.19. The molecule has 0 aliphatic rings.